The second-order valence-corrected chi connectivity index (χ2v) is 6.41. The second-order valence-electron chi connectivity index (χ2n) is 4.52. The summed E-state index contributed by atoms with van der Waals surface area (Å²) in [6.07, 6.45) is 0. The van der Waals surface area contributed by atoms with Crippen LogP contribution in [0.5, 0.6) is 0 Å². The number of carbonyl (C=O) groups excluding carboxylic acids is 1. The third kappa shape index (κ3) is 4.08. The molecule has 0 radical (unpaired) electrons. The Morgan fingerprint density at radius 1 is 0.952 bits per heavy atom. The molecule has 21 heavy (non-hydrogen) atoms. The number of piperazine rings is 1. The lowest BCUT2D eigenvalue weighted by molar-refractivity contribution is -0.117. The second kappa shape index (κ2) is 7.55. The normalized spacial score (nSPS) is 16.0. The van der Waals surface area contributed by atoms with Gasteiger partial charge in [0.15, 0.2) is 0 Å². The van der Waals surface area contributed by atoms with Gasteiger partial charge in [0, 0.05) is 26.2 Å². The summed E-state index contributed by atoms with van der Waals surface area (Å²) in [6, 6.07) is 0. The zero-order chi connectivity index (χ0) is 15.6. The van der Waals surface area contributed by atoms with E-state index < -0.39 is 0 Å². The topological polar surface area (TPSA) is 44.4 Å². The molecule has 0 aromatic heterocycles. The Morgan fingerprint density at radius 2 is 1.43 bits per heavy atom. The van der Waals surface area contributed by atoms with Gasteiger partial charge in [0.1, 0.15) is 0 Å². The molecule has 0 unspecified atom stereocenters. The highest BCUT2D eigenvalue weighted by molar-refractivity contribution is 6.56. The maximum absolute atomic E-state index is 12.1. The van der Waals surface area contributed by atoms with E-state index in [1.165, 1.54) is 0 Å². The van der Waals surface area contributed by atoms with Gasteiger partial charge >= 0.3 is 0 Å². The number of halogens is 5. The molecule has 1 aliphatic heterocycles. The smallest absolute Gasteiger partial charge is 0.238 e. The number of benzene rings is 1. The third-order valence-electron chi connectivity index (χ3n) is 3.05. The summed E-state index contributed by atoms with van der Waals surface area (Å²) < 4.78 is 0. The van der Waals surface area contributed by atoms with Crippen LogP contribution in [0, 0.1) is 0 Å². The Bertz CT molecular complexity index is 531. The van der Waals surface area contributed by atoms with Crippen molar-refractivity contribution in [1.29, 1.82) is 0 Å². The van der Waals surface area contributed by atoms with Crippen molar-refractivity contribution in [2.24, 2.45) is 0 Å². The average molecular weight is 392 g/mol. The number of amides is 1. The van der Waals surface area contributed by atoms with Crippen molar-refractivity contribution in [2.45, 2.75) is 0 Å². The number of anilines is 1. The van der Waals surface area contributed by atoms with E-state index in [0.717, 1.165) is 26.2 Å². The summed E-state index contributed by atoms with van der Waals surface area (Å²) in [6.45, 7) is 3.56. The van der Waals surface area contributed by atoms with Crippen LogP contribution in [0.1, 0.15) is 0 Å². The van der Waals surface area contributed by atoms with Crippen LogP contribution in [0.25, 0.3) is 0 Å². The van der Waals surface area contributed by atoms with Crippen LogP contribution >= 0.6 is 58.0 Å². The highest BCUT2D eigenvalue weighted by Gasteiger charge is 2.21. The Balaban J connectivity index is 2.13. The molecule has 4 nitrogen and oxygen atoms in total. The molecule has 0 spiro atoms. The van der Waals surface area contributed by atoms with Crippen molar-refractivity contribution in [2.75, 3.05) is 38.0 Å². The predicted molar refractivity (Wildman–Crippen MR) is 89.4 cm³/mol. The van der Waals surface area contributed by atoms with Crippen LogP contribution in [-0.4, -0.2) is 43.5 Å². The molecule has 1 aromatic carbocycles. The first-order chi connectivity index (χ1) is 9.91. The lowest BCUT2D eigenvalue weighted by Crippen LogP contribution is -2.46. The van der Waals surface area contributed by atoms with Gasteiger partial charge in [-0.1, -0.05) is 58.0 Å². The van der Waals surface area contributed by atoms with Crippen LogP contribution in [0.3, 0.4) is 0 Å². The van der Waals surface area contributed by atoms with Crippen LogP contribution < -0.4 is 10.6 Å². The van der Waals surface area contributed by atoms with Gasteiger partial charge in [-0.05, 0) is 0 Å². The van der Waals surface area contributed by atoms with E-state index in [9.17, 15) is 4.79 Å². The Labute approximate surface area is 147 Å². The summed E-state index contributed by atoms with van der Waals surface area (Å²) in [7, 11) is 0. The van der Waals surface area contributed by atoms with Gasteiger partial charge in [0.25, 0.3) is 0 Å². The molecule has 0 atom stereocenters. The maximum Gasteiger partial charge on any atom is 0.238 e. The first-order valence-corrected chi connectivity index (χ1v) is 8.05. The van der Waals surface area contributed by atoms with Crippen molar-refractivity contribution in [1.82, 2.24) is 10.2 Å². The SMILES string of the molecule is O=C(CN1CCNCC1)Nc1c(Cl)c(Cl)c(Cl)c(Cl)c1Cl. The van der Waals surface area contributed by atoms with E-state index in [0.29, 0.717) is 0 Å². The van der Waals surface area contributed by atoms with Crippen LogP contribution in [0.2, 0.25) is 25.1 Å². The van der Waals surface area contributed by atoms with Crippen LogP contribution in [0.4, 0.5) is 5.69 Å². The van der Waals surface area contributed by atoms with Crippen molar-refractivity contribution in [3.05, 3.63) is 25.1 Å². The van der Waals surface area contributed by atoms with Crippen molar-refractivity contribution in [3.8, 4) is 0 Å². The predicted octanol–water partition coefficient (Wildman–Crippen LogP) is 3.80. The van der Waals surface area contributed by atoms with E-state index in [1.807, 2.05) is 4.90 Å². The number of carbonyl (C=O) groups is 1. The fourth-order valence-corrected chi connectivity index (χ4v) is 3.20. The highest BCUT2D eigenvalue weighted by atomic mass is 35.5. The maximum atomic E-state index is 12.1. The fourth-order valence-electron chi connectivity index (χ4n) is 1.97. The quantitative estimate of drug-likeness (QED) is 0.609. The minimum Gasteiger partial charge on any atom is -0.322 e. The lowest BCUT2D eigenvalue weighted by atomic mass is 10.3. The lowest BCUT2D eigenvalue weighted by Gasteiger charge is -2.26. The largest absolute Gasteiger partial charge is 0.322 e. The molecule has 0 bridgehead atoms. The van der Waals surface area contributed by atoms with Gasteiger partial charge in [-0.3, -0.25) is 9.69 Å². The van der Waals surface area contributed by atoms with E-state index in [-0.39, 0.29) is 43.3 Å². The molecule has 1 aromatic rings. The first kappa shape index (κ1) is 17.4. The van der Waals surface area contributed by atoms with E-state index in [1.54, 1.807) is 0 Å². The number of rotatable bonds is 3. The van der Waals surface area contributed by atoms with E-state index in [2.05, 4.69) is 10.6 Å². The van der Waals surface area contributed by atoms with Gasteiger partial charge in [0.2, 0.25) is 5.91 Å². The Morgan fingerprint density at radius 3 is 1.95 bits per heavy atom. The minimum absolute atomic E-state index is 0.0604. The molecule has 116 valence electrons. The first-order valence-electron chi connectivity index (χ1n) is 6.16. The number of hydrogen-bond acceptors (Lipinski definition) is 3. The average Bonchev–Trinajstić information content (AvgIpc) is 2.48. The zero-order valence-corrected chi connectivity index (χ0v) is 14.6. The fraction of sp³-hybridized carbons (Fsp3) is 0.417. The summed E-state index contributed by atoms with van der Waals surface area (Å²) in [5.41, 5.74) is 0.179. The Hall–Kier alpha value is 0.0600. The molecule has 1 fully saturated rings. The molecule has 2 rings (SSSR count). The summed E-state index contributed by atoms with van der Waals surface area (Å²) >= 11 is 29.9. The van der Waals surface area contributed by atoms with Crippen LogP contribution in [-0.2, 0) is 4.79 Å². The molecular formula is C12H12Cl5N3O. The molecule has 1 aliphatic rings. The molecule has 1 heterocycles. The Kier molecular flexibility index (Phi) is 6.26. The molecule has 1 saturated heterocycles. The molecule has 2 N–H and O–H groups in total. The van der Waals surface area contributed by atoms with Crippen molar-refractivity contribution in [3.63, 3.8) is 0 Å². The monoisotopic (exact) mass is 389 g/mol. The van der Waals surface area contributed by atoms with Crippen molar-refractivity contribution >= 4 is 69.6 Å². The number of hydrogen-bond donors (Lipinski definition) is 2. The standard InChI is InChI=1S/C12H12Cl5N3O/c13-7-8(14)10(16)12(11(17)9(7)15)19-6(21)5-20-3-1-18-2-4-20/h18H,1-5H2,(H,19,21). The van der Waals surface area contributed by atoms with Crippen molar-refractivity contribution < 1.29 is 4.79 Å². The number of nitrogens with zero attached hydrogens (tertiary/aromatic N) is 1. The number of nitrogens with one attached hydrogen (secondary N) is 2. The molecule has 1 amide bonds. The molecule has 0 aliphatic carbocycles. The van der Waals surface area contributed by atoms with Gasteiger partial charge < -0.3 is 10.6 Å². The van der Waals surface area contributed by atoms with Gasteiger partial charge in [-0.2, -0.15) is 0 Å². The third-order valence-corrected chi connectivity index (χ3v) is 5.33. The molecular weight excluding hydrogens is 379 g/mol. The van der Waals surface area contributed by atoms with Gasteiger partial charge in [-0.25, -0.2) is 0 Å². The van der Waals surface area contributed by atoms with Crippen LogP contribution in [0.15, 0.2) is 0 Å². The van der Waals surface area contributed by atoms with E-state index >= 15 is 0 Å². The summed E-state index contributed by atoms with van der Waals surface area (Å²) in [5, 5.41) is 6.19. The summed E-state index contributed by atoms with van der Waals surface area (Å²) in [5.74, 6) is -0.241. The zero-order valence-electron chi connectivity index (χ0n) is 10.8. The summed E-state index contributed by atoms with van der Waals surface area (Å²) in [4.78, 5) is 14.1. The molecule has 0 saturated carbocycles. The van der Waals surface area contributed by atoms with Gasteiger partial charge in [0.05, 0.1) is 37.3 Å². The van der Waals surface area contributed by atoms with E-state index in [4.69, 9.17) is 58.0 Å². The molecule has 9 heteroatoms. The highest BCUT2D eigenvalue weighted by Crippen LogP contribution is 2.46. The van der Waals surface area contributed by atoms with Gasteiger partial charge in [-0.15, -0.1) is 0 Å². The minimum atomic E-state index is -0.241.